The van der Waals surface area contributed by atoms with Gasteiger partial charge in [0.2, 0.25) is 0 Å². The number of rotatable bonds is 1. The highest BCUT2D eigenvalue weighted by molar-refractivity contribution is 4.84. The maximum absolute atomic E-state index is 3.67. The van der Waals surface area contributed by atoms with Crippen molar-refractivity contribution in [3.05, 3.63) is 24.8 Å². The van der Waals surface area contributed by atoms with Crippen LogP contribution in [0.4, 0.5) is 0 Å². The van der Waals surface area contributed by atoms with Gasteiger partial charge in [-0.3, -0.25) is 0 Å². The first-order valence-corrected chi connectivity index (χ1v) is 2.90. The molecule has 0 nitrogen and oxygen atoms in total. The molecule has 0 saturated heterocycles. The Morgan fingerprint density at radius 2 is 1.75 bits per heavy atom. The third-order valence-electron chi connectivity index (χ3n) is 0.604. The highest BCUT2D eigenvalue weighted by Crippen LogP contribution is 1.88. The van der Waals surface area contributed by atoms with Crippen LogP contribution in [-0.4, -0.2) is 0 Å². The first kappa shape index (κ1) is 10.5. The molecule has 0 fully saturated rings. The van der Waals surface area contributed by atoms with E-state index in [0.29, 0.717) is 0 Å². The van der Waals surface area contributed by atoms with E-state index in [2.05, 4.69) is 20.1 Å². The van der Waals surface area contributed by atoms with Gasteiger partial charge in [0.05, 0.1) is 0 Å². The van der Waals surface area contributed by atoms with E-state index in [0.717, 1.165) is 6.42 Å². The molecule has 0 heterocycles. The summed E-state index contributed by atoms with van der Waals surface area (Å²) in [5.41, 5.74) is 1.25. The summed E-state index contributed by atoms with van der Waals surface area (Å²) >= 11 is 0. The largest absolute Gasteiger partial charge is 0.103 e. The highest BCUT2D eigenvalue weighted by atomic mass is 13.7. The maximum atomic E-state index is 3.67. The topological polar surface area (TPSA) is 0 Å². The zero-order valence-electron chi connectivity index (χ0n) is 6.20. The fourth-order valence-electron chi connectivity index (χ4n) is 0. The van der Waals surface area contributed by atoms with Crippen molar-refractivity contribution in [1.82, 2.24) is 0 Å². The van der Waals surface area contributed by atoms with Crippen LogP contribution in [0, 0.1) is 0 Å². The van der Waals surface area contributed by atoms with Crippen LogP contribution in [0.1, 0.15) is 27.2 Å². The molecule has 0 atom stereocenters. The molecule has 0 aliphatic carbocycles. The second-order valence-electron chi connectivity index (χ2n) is 1.72. The van der Waals surface area contributed by atoms with Crippen LogP contribution in [0.5, 0.6) is 0 Å². The quantitative estimate of drug-likeness (QED) is 0.457. The lowest BCUT2D eigenvalue weighted by molar-refractivity contribution is 1.11. The van der Waals surface area contributed by atoms with Crippen LogP contribution in [0.3, 0.4) is 0 Å². The Labute approximate surface area is 52.9 Å². The molecule has 0 amide bonds. The summed E-state index contributed by atoms with van der Waals surface area (Å²) in [5.74, 6) is 0. The van der Waals surface area contributed by atoms with Crippen molar-refractivity contribution in [3.63, 3.8) is 0 Å². The van der Waals surface area contributed by atoms with Gasteiger partial charge in [0.15, 0.2) is 0 Å². The predicted octanol–water partition coefficient (Wildman–Crippen LogP) is 3.16. The average Bonchev–Trinajstić information content (AvgIpc) is 1.69. The van der Waals surface area contributed by atoms with Crippen LogP contribution < -0.4 is 0 Å². The number of hydrogen-bond donors (Lipinski definition) is 0. The Bertz CT molecular complexity index is 60.4. The lowest BCUT2D eigenvalue weighted by Gasteiger charge is -1.79. The van der Waals surface area contributed by atoms with E-state index in [1.54, 1.807) is 6.08 Å². The monoisotopic (exact) mass is 112 g/mol. The minimum Gasteiger partial charge on any atom is -0.103 e. The third-order valence-corrected chi connectivity index (χ3v) is 0.604. The minimum atomic E-state index is 1.11. The van der Waals surface area contributed by atoms with Crippen LogP contribution in [0.2, 0.25) is 0 Å². The molecule has 0 unspecified atom stereocenters. The van der Waals surface area contributed by atoms with Gasteiger partial charge in [-0.2, -0.15) is 0 Å². The summed E-state index contributed by atoms with van der Waals surface area (Å²) in [6, 6.07) is 0. The van der Waals surface area contributed by atoms with Crippen LogP contribution in [-0.2, 0) is 0 Å². The van der Waals surface area contributed by atoms with E-state index >= 15 is 0 Å². The second-order valence-corrected chi connectivity index (χ2v) is 1.72. The van der Waals surface area contributed by atoms with E-state index in [4.69, 9.17) is 0 Å². The zero-order chi connectivity index (χ0) is 6.99. The van der Waals surface area contributed by atoms with Crippen molar-refractivity contribution in [3.8, 4) is 0 Å². The summed E-state index contributed by atoms with van der Waals surface area (Å²) in [6.45, 7) is 13.1. The summed E-state index contributed by atoms with van der Waals surface area (Å²) in [7, 11) is 0. The minimum absolute atomic E-state index is 1.11. The molecular weight excluding hydrogens is 96.1 g/mol. The van der Waals surface area contributed by atoms with Gasteiger partial charge in [-0.25, -0.2) is 0 Å². The van der Waals surface area contributed by atoms with Gasteiger partial charge in [-0.05, 0) is 20.3 Å². The molecule has 48 valence electrons. The lowest BCUT2D eigenvalue weighted by atomic mass is 10.3. The molecule has 0 aliphatic heterocycles. The summed E-state index contributed by atoms with van der Waals surface area (Å²) in [6.07, 6.45) is 2.86. The summed E-state index contributed by atoms with van der Waals surface area (Å²) in [5, 5.41) is 0. The normalized spacial score (nSPS) is 6.38. The molecule has 0 bridgehead atoms. The van der Waals surface area contributed by atoms with E-state index in [1.807, 2.05) is 13.8 Å². The molecule has 0 radical (unpaired) electrons. The molecule has 0 aromatic heterocycles. The molecule has 0 aliphatic rings. The maximum Gasteiger partial charge on any atom is -0.0354 e. The number of allylic oxidation sites excluding steroid dienone is 2. The van der Waals surface area contributed by atoms with Crippen molar-refractivity contribution >= 4 is 0 Å². The van der Waals surface area contributed by atoms with Gasteiger partial charge < -0.3 is 0 Å². The highest BCUT2D eigenvalue weighted by Gasteiger charge is 1.67. The Kier molecular flexibility index (Phi) is 12.7. The molecule has 0 heteroatoms. The average molecular weight is 112 g/mol. The molecule has 0 saturated carbocycles. The van der Waals surface area contributed by atoms with Crippen molar-refractivity contribution in [2.24, 2.45) is 0 Å². The van der Waals surface area contributed by atoms with Gasteiger partial charge in [0.25, 0.3) is 0 Å². The SMILES string of the molecule is C=C(C)CC.C=CC. The van der Waals surface area contributed by atoms with Gasteiger partial charge >= 0.3 is 0 Å². The molecule has 8 heavy (non-hydrogen) atoms. The van der Waals surface area contributed by atoms with Crippen molar-refractivity contribution in [1.29, 1.82) is 0 Å². The van der Waals surface area contributed by atoms with Gasteiger partial charge in [0, 0.05) is 0 Å². The Hall–Kier alpha value is -0.520. The first-order chi connectivity index (χ1) is 3.68. The van der Waals surface area contributed by atoms with Crippen LogP contribution in [0.25, 0.3) is 0 Å². The van der Waals surface area contributed by atoms with Crippen LogP contribution in [0.15, 0.2) is 24.8 Å². The third kappa shape index (κ3) is 50.2. The lowest BCUT2D eigenvalue weighted by Crippen LogP contribution is -1.58. The van der Waals surface area contributed by atoms with Gasteiger partial charge in [0.1, 0.15) is 0 Å². The Morgan fingerprint density at radius 3 is 1.75 bits per heavy atom. The van der Waals surface area contributed by atoms with Gasteiger partial charge in [-0.1, -0.05) is 18.6 Å². The van der Waals surface area contributed by atoms with Crippen LogP contribution >= 0.6 is 0 Å². The molecule has 0 aromatic rings. The summed E-state index contributed by atoms with van der Waals surface area (Å²) in [4.78, 5) is 0. The Balaban J connectivity index is 0. The van der Waals surface area contributed by atoms with Crippen molar-refractivity contribution in [2.75, 3.05) is 0 Å². The predicted molar refractivity (Wildman–Crippen MR) is 41.0 cm³/mol. The van der Waals surface area contributed by atoms with E-state index in [1.165, 1.54) is 5.57 Å². The van der Waals surface area contributed by atoms with Crippen molar-refractivity contribution in [2.45, 2.75) is 27.2 Å². The molecule has 0 N–H and O–H groups in total. The standard InChI is InChI=1S/C5H10.C3H6/c1-4-5(2)3;1-3-2/h2,4H2,1,3H3;3H,1H2,2H3. The molecule has 0 spiro atoms. The van der Waals surface area contributed by atoms with Gasteiger partial charge in [-0.15, -0.1) is 13.2 Å². The molecular formula is C8H16. The fourth-order valence-corrected chi connectivity index (χ4v) is 0. The molecule has 0 aromatic carbocycles. The van der Waals surface area contributed by atoms with E-state index in [-0.39, 0.29) is 0 Å². The number of hydrogen-bond acceptors (Lipinski definition) is 0. The Morgan fingerprint density at radius 1 is 1.62 bits per heavy atom. The fraction of sp³-hybridized carbons (Fsp3) is 0.500. The van der Waals surface area contributed by atoms with E-state index < -0.39 is 0 Å². The van der Waals surface area contributed by atoms with Crippen molar-refractivity contribution < 1.29 is 0 Å². The first-order valence-electron chi connectivity index (χ1n) is 2.90. The molecule has 0 rings (SSSR count). The van der Waals surface area contributed by atoms with E-state index in [9.17, 15) is 0 Å². The smallest absolute Gasteiger partial charge is 0.0354 e. The second kappa shape index (κ2) is 9.70. The zero-order valence-corrected chi connectivity index (χ0v) is 6.20. The summed E-state index contributed by atoms with van der Waals surface area (Å²) < 4.78 is 0.